The Morgan fingerprint density at radius 3 is 0.862 bits per heavy atom. The van der Waals surface area contributed by atoms with Crippen molar-refractivity contribution in [1.82, 2.24) is 0 Å². The fraction of sp³-hybridized carbons (Fsp3) is 0.882. The number of rotatable bonds is 44. The predicted octanol–water partition coefficient (Wildman–Crippen LogP) is 12.7. The molecule has 0 N–H and O–H groups in total. The van der Waals surface area contributed by atoms with Gasteiger partial charge in [0.05, 0.1) is 4.08 Å². The van der Waals surface area contributed by atoms with E-state index in [0.29, 0.717) is 12.8 Å². The highest BCUT2D eigenvalue weighted by atomic mass is 32.2. The number of carbonyl (C=O) groups is 6. The minimum Gasteiger partial charge on any atom is -0.462 e. The molecule has 65 heavy (non-hydrogen) atoms. The Kier molecular flexibility index (Phi) is 38.8. The zero-order chi connectivity index (χ0) is 47.6. The van der Waals surface area contributed by atoms with E-state index >= 15 is 0 Å². The van der Waals surface area contributed by atoms with E-state index in [0.717, 1.165) is 140 Å². The molecule has 1 fully saturated rings. The molecule has 1 saturated heterocycles. The summed E-state index contributed by atoms with van der Waals surface area (Å²) in [6, 6.07) is 0. The van der Waals surface area contributed by atoms with Gasteiger partial charge in [0.15, 0.2) is 12.2 Å². The average molecular weight is 959 g/mol. The van der Waals surface area contributed by atoms with Crippen LogP contribution >= 0.6 is 23.5 Å². The highest BCUT2D eigenvalue weighted by Gasteiger charge is 2.37. The normalized spacial score (nSPS) is 13.2. The first-order valence-corrected chi connectivity index (χ1v) is 27.8. The number of carbonyl (C=O) groups excluding carboxylic acids is 6. The van der Waals surface area contributed by atoms with E-state index in [-0.39, 0.29) is 88.8 Å². The number of hydrogen-bond donors (Lipinski definition) is 0. The molecule has 0 amide bonds. The zero-order valence-corrected chi connectivity index (χ0v) is 42.9. The van der Waals surface area contributed by atoms with Gasteiger partial charge in [-0.2, -0.15) is 0 Å². The first-order valence-electron chi connectivity index (χ1n) is 25.9. The molecule has 0 aromatic heterocycles. The lowest BCUT2D eigenvalue weighted by Crippen LogP contribution is -2.32. The molecule has 378 valence electrons. The maximum atomic E-state index is 13.3. The molecule has 12 nitrogen and oxygen atoms in total. The Morgan fingerprint density at radius 1 is 0.354 bits per heavy atom. The van der Waals surface area contributed by atoms with Crippen LogP contribution < -0.4 is 0 Å². The third-order valence-corrected chi connectivity index (χ3v) is 15.1. The monoisotopic (exact) mass is 959 g/mol. The first kappa shape index (κ1) is 60.5. The van der Waals surface area contributed by atoms with Gasteiger partial charge in [0.25, 0.3) is 0 Å². The predicted molar refractivity (Wildman–Crippen MR) is 262 cm³/mol. The molecule has 0 spiro atoms. The first-order chi connectivity index (χ1) is 31.6. The molecule has 14 heteroatoms. The van der Waals surface area contributed by atoms with Crippen LogP contribution in [0.25, 0.3) is 0 Å². The smallest absolute Gasteiger partial charge is 0.306 e. The number of hydrogen-bond acceptors (Lipinski definition) is 14. The summed E-state index contributed by atoms with van der Waals surface area (Å²) >= 11 is 3.38. The molecule has 1 heterocycles. The maximum absolute atomic E-state index is 13.3. The Bertz CT molecular complexity index is 1110. The fourth-order valence-electron chi connectivity index (χ4n) is 7.45. The van der Waals surface area contributed by atoms with Crippen molar-refractivity contribution in [3.63, 3.8) is 0 Å². The average Bonchev–Trinajstić information content (AvgIpc) is 3.77. The number of esters is 6. The van der Waals surface area contributed by atoms with Crippen LogP contribution in [0.5, 0.6) is 0 Å². The highest BCUT2D eigenvalue weighted by molar-refractivity contribution is 8.21. The Balaban J connectivity index is 2.79. The maximum Gasteiger partial charge on any atom is 0.306 e. The largest absolute Gasteiger partial charge is 0.462 e. The van der Waals surface area contributed by atoms with Crippen molar-refractivity contribution in [2.24, 2.45) is 0 Å². The molecule has 0 bridgehead atoms. The van der Waals surface area contributed by atoms with Gasteiger partial charge in [-0.3, -0.25) is 28.8 Å². The third-order valence-electron chi connectivity index (χ3n) is 11.5. The molecular formula is C51H90O12S2. The Hall–Kier alpha value is -2.48. The SMILES string of the molecule is CCCCCCCCC(=O)OCC(COC(=O)CCCCCCCC)OC(=O)CCC1(CCC(=O)OC(COC(=O)CCCCCCCC)COC(=O)CCCCCCCC)SCCS1. The lowest BCUT2D eigenvalue weighted by Gasteiger charge is -2.27. The fourth-order valence-corrected chi connectivity index (χ4v) is 10.7. The van der Waals surface area contributed by atoms with Gasteiger partial charge in [-0.1, -0.05) is 156 Å². The van der Waals surface area contributed by atoms with Crippen LogP contribution in [0.15, 0.2) is 0 Å². The third kappa shape index (κ3) is 35.3. The molecule has 0 unspecified atom stereocenters. The standard InChI is InChI=1S/C51H90O12S2/c1-5-9-13-17-21-25-29-45(52)58-39-43(40-59-46(53)30-26-22-18-14-10-6-2)62-49(56)33-35-51(64-37-38-65-51)36-34-50(57)63-44(41-60-47(54)31-27-23-19-15-11-7-3)42-61-48(55)32-28-24-20-16-12-8-4/h43-44H,5-42H2,1-4H3. The van der Waals surface area contributed by atoms with E-state index < -0.39 is 28.2 Å². The van der Waals surface area contributed by atoms with Gasteiger partial charge in [-0.15, -0.1) is 23.5 Å². The summed E-state index contributed by atoms with van der Waals surface area (Å²) in [6.07, 6.45) is 25.1. The Labute approximate surface area is 402 Å². The quantitative estimate of drug-likeness (QED) is 0.0323. The molecule has 0 saturated carbocycles. The minimum absolute atomic E-state index is 0.0503. The van der Waals surface area contributed by atoms with Gasteiger partial charge in [0.1, 0.15) is 26.4 Å². The van der Waals surface area contributed by atoms with Crippen molar-refractivity contribution in [3.05, 3.63) is 0 Å². The van der Waals surface area contributed by atoms with Gasteiger partial charge >= 0.3 is 35.8 Å². The second-order valence-electron chi connectivity index (χ2n) is 17.6. The van der Waals surface area contributed by atoms with E-state index in [9.17, 15) is 28.8 Å². The van der Waals surface area contributed by atoms with Crippen molar-refractivity contribution in [2.75, 3.05) is 37.9 Å². The van der Waals surface area contributed by atoms with E-state index in [1.165, 1.54) is 25.7 Å². The van der Waals surface area contributed by atoms with Gasteiger partial charge in [0.2, 0.25) is 0 Å². The van der Waals surface area contributed by atoms with Gasteiger partial charge in [0, 0.05) is 50.0 Å². The summed E-state index contributed by atoms with van der Waals surface area (Å²) in [5.41, 5.74) is 0. The summed E-state index contributed by atoms with van der Waals surface area (Å²) in [5.74, 6) is -0.787. The van der Waals surface area contributed by atoms with Crippen LogP contribution in [-0.4, -0.2) is 90.0 Å². The van der Waals surface area contributed by atoms with Crippen molar-refractivity contribution in [1.29, 1.82) is 0 Å². The summed E-state index contributed by atoms with van der Waals surface area (Å²) < 4.78 is 33.1. The second-order valence-corrected chi connectivity index (χ2v) is 20.8. The van der Waals surface area contributed by atoms with E-state index in [1.54, 1.807) is 23.5 Å². The van der Waals surface area contributed by atoms with Gasteiger partial charge in [-0.05, 0) is 38.5 Å². The number of unbranched alkanes of at least 4 members (excludes halogenated alkanes) is 20. The van der Waals surface area contributed by atoms with Gasteiger partial charge in [-0.25, -0.2) is 0 Å². The Morgan fingerprint density at radius 2 is 0.600 bits per heavy atom. The van der Waals surface area contributed by atoms with Crippen molar-refractivity contribution < 1.29 is 57.2 Å². The van der Waals surface area contributed by atoms with Crippen LogP contribution in [0.4, 0.5) is 0 Å². The summed E-state index contributed by atoms with van der Waals surface area (Å²) in [7, 11) is 0. The van der Waals surface area contributed by atoms with Crippen molar-refractivity contribution >= 4 is 59.3 Å². The summed E-state index contributed by atoms with van der Waals surface area (Å²) in [5, 5.41) is 0. The second kappa shape index (κ2) is 41.7. The molecule has 0 aromatic rings. The number of thioether (sulfide) groups is 2. The molecule has 0 aliphatic carbocycles. The van der Waals surface area contributed by atoms with Gasteiger partial charge < -0.3 is 28.4 Å². The zero-order valence-electron chi connectivity index (χ0n) is 41.2. The van der Waals surface area contributed by atoms with Crippen LogP contribution in [0.3, 0.4) is 0 Å². The molecule has 0 radical (unpaired) electrons. The van der Waals surface area contributed by atoms with Crippen LogP contribution in [0, 0.1) is 0 Å². The highest BCUT2D eigenvalue weighted by Crippen LogP contribution is 2.50. The number of ether oxygens (including phenoxy) is 6. The molecule has 0 atom stereocenters. The van der Waals surface area contributed by atoms with E-state index in [4.69, 9.17) is 28.4 Å². The van der Waals surface area contributed by atoms with Crippen molar-refractivity contribution in [2.45, 2.75) is 249 Å². The minimum atomic E-state index is -0.934. The summed E-state index contributed by atoms with van der Waals surface area (Å²) in [6.45, 7) is 7.85. The van der Waals surface area contributed by atoms with Crippen LogP contribution in [-0.2, 0) is 57.2 Å². The van der Waals surface area contributed by atoms with Crippen molar-refractivity contribution in [3.8, 4) is 0 Å². The van der Waals surface area contributed by atoms with Crippen LogP contribution in [0.1, 0.15) is 233 Å². The molecular weight excluding hydrogens is 869 g/mol. The lowest BCUT2D eigenvalue weighted by atomic mass is 10.1. The topological polar surface area (TPSA) is 158 Å². The van der Waals surface area contributed by atoms with E-state index in [2.05, 4.69) is 27.7 Å². The molecule has 1 aliphatic rings. The summed E-state index contributed by atoms with van der Waals surface area (Å²) in [4.78, 5) is 76.9. The van der Waals surface area contributed by atoms with E-state index in [1.807, 2.05) is 0 Å². The molecule has 0 aromatic carbocycles. The lowest BCUT2D eigenvalue weighted by molar-refractivity contribution is -0.167. The molecule has 1 aliphatic heterocycles. The van der Waals surface area contributed by atoms with Crippen LogP contribution in [0.2, 0.25) is 0 Å². The molecule has 1 rings (SSSR count).